The first kappa shape index (κ1) is 18.8. The Morgan fingerprint density at radius 2 is 1.92 bits per heavy atom. The van der Waals surface area contributed by atoms with Crippen molar-refractivity contribution < 1.29 is 14.3 Å². The number of rotatable bonds is 7. The number of carbonyl (C=O) groups is 1. The molecule has 6 nitrogen and oxygen atoms in total. The van der Waals surface area contributed by atoms with E-state index in [0.29, 0.717) is 28.4 Å². The molecule has 2 rings (SSSR count). The highest BCUT2D eigenvalue weighted by molar-refractivity contribution is 6.31. The third-order valence-corrected chi connectivity index (χ3v) is 4.02. The number of amidine groups is 1. The van der Waals surface area contributed by atoms with Gasteiger partial charge in [-0.15, -0.1) is 0 Å². The summed E-state index contributed by atoms with van der Waals surface area (Å²) >= 11 is 6.22. The number of nitrogens with one attached hydrogen (secondary N) is 2. The predicted octanol–water partition coefficient (Wildman–Crippen LogP) is 2.64. The van der Waals surface area contributed by atoms with Crippen LogP contribution in [0.5, 0.6) is 5.75 Å². The summed E-state index contributed by atoms with van der Waals surface area (Å²) in [4.78, 5) is 12.4. The van der Waals surface area contributed by atoms with Crippen LogP contribution in [0.3, 0.4) is 0 Å². The number of ether oxygens (including phenoxy) is 2. The van der Waals surface area contributed by atoms with Gasteiger partial charge in [0.05, 0.1) is 12.1 Å². The standard InChI is InChI=1S/C18H20ClN3O3/c1-24-13-7-8-14(15(19)9-13)16(25-2)18(23)22-10-11-3-5-12(6-4-11)17(20)21/h3-9,16H,10H2,1-2H3,(H3,20,21)(H,22,23)/t16-/m0/s1. The average Bonchev–Trinajstić information content (AvgIpc) is 2.62. The number of nitrogen functional groups attached to an aromatic ring is 1. The van der Waals surface area contributed by atoms with Crippen molar-refractivity contribution in [1.29, 1.82) is 5.41 Å². The summed E-state index contributed by atoms with van der Waals surface area (Å²) in [5.41, 5.74) is 7.50. The van der Waals surface area contributed by atoms with E-state index in [1.165, 1.54) is 7.11 Å². The highest BCUT2D eigenvalue weighted by atomic mass is 35.5. The Morgan fingerprint density at radius 3 is 2.44 bits per heavy atom. The van der Waals surface area contributed by atoms with E-state index >= 15 is 0 Å². The zero-order valence-corrected chi connectivity index (χ0v) is 14.8. The van der Waals surface area contributed by atoms with Gasteiger partial charge in [-0.2, -0.15) is 0 Å². The molecule has 0 saturated heterocycles. The van der Waals surface area contributed by atoms with Crippen molar-refractivity contribution in [3.63, 3.8) is 0 Å². The molecular weight excluding hydrogens is 342 g/mol. The molecule has 7 heteroatoms. The van der Waals surface area contributed by atoms with Gasteiger partial charge < -0.3 is 20.5 Å². The van der Waals surface area contributed by atoms with Crippen LogP contribution in [0.15, 0.2) is 42.5 Å². The van der Waals surface area contributed by atoms with E-state index in [1.807, 2.05) is 0 Å². The van der Waals surface area contributed by atoms with Gasteiger partial charge in [0.1, 0.15) is 11.6 Å². The smallest absolute Gasteiger partial charge is 0.254 e. The van der Waals surface area contributed by atoms with E-state index in [2.05, 4.69) is 5.32 Å². The van der Waals surface area contributed by atoms with E-state index in [1.54, 1.807) is 49.6 Å². The lowest BCUT2D eigenvalue weighted by atomic mass is 10.1. The zero-order valence-electron chi connectivity index (χ0n) is 14.0. The van der Waals surface area contributed by atoms with Gasteiger partial charge in [-0.1, -0.05) is 41.9 Å². The van der Waals surface area contributed by atoms with Gasteiger partial charge in [-0.25, -0.2) is 0 Å². The molecule has 0 aliphatic rings. The van der Waals surface area contributed by atoms with Crippen molar-refractivity contribution >= 4 is 23.3 Å². The molecular formula is C18H20ClN3O3. The lowest BCUT2D eigenvalue weighted by molar-refractivity contribution is -0.131. The first-order valence-electron chi connectivity index (χ1n) is 7.53. The Balaban J connectivity index is 2.06. The van der Waals surface area contributed by atoms with Gasteiger partial charge in [0.2, 0.25) is 0 Å². The third-order valence-electron chi connectivity index (χ3n) is 3.70. The van der Waals surface area contributed by atoms with Crippen molar-refractivity contribution in [2.24, 2.45) is 5.73 Å². The van der Waals surface area contributed by atoms with Gasteiger partial charge in [0.15, 0.2) is 6.10 Å². The number of nitrogens with two attached hydrogens (primary N) is 1. The summed E-state index contributed by atoms with van der Waals surface area (Å²) in [6, 6.07) is 12.1. The molecule has 1 amide bonds. The van der Waals surface area contributed by atoms with Crippen LogP contribution >= 0.6 is 11.6 Å². The summed E-state index contributed by atoms with van der Waals surface area (Å²) < 4.78 is 10.4. The fourth-order valence-electron chi connectivity index (χ4n) is 2.31. The van der Waals surface area contributed by atoms with Crippen LogP contribution in [-0.2, 0) is 16.1 Å². The summed E-state index contributed by atoms with van der Waals surface area (Å²) in [6.45, 7) is 0.324. The zero-order chi connectivity index (χ0) is 18.4. The van der Waals surface area contributed by atoms with Crippen molar-refractivity contribution in [1.82, 2.24) is 5.32 Å². The number of methoxy groups -OCH3 is 2. The minimum Gasteiger partial charge on any atom is -0.497 e. The van der Waals surface area contributed by atoms with Crippen LogP contribution in [0.2, 0.25) is 5.02 Å². The molecule has 132 valence electrons. The summed E-state index contributed by atoms with van der Waals surface area (Å²) in [5.74, 6) is 0.309. The number of hydrogen-bond donors (Lipinski definition) is 3. The normalized spacial score (nSPS) is 11.6. The summed E-state index contributed by atoms with van der Waals surface area (Å²) in [5, 5.41) is 10.6. The Kier molecular flexibility index (Phi) is 6.38. The molecule has 0 aliphatic heterocycles. The lowest BCUT2D eigenvalue weighted by Crippen LogP contribution is -2.30. The molecule has 0 radical (unpaired) electrons. The Labute approximate surface area is 151 Å². The second kappa shape index (κ2) is 8.50. The molecule has 0 aliphatic carbocycles. The molecule has 1 atom stereocenters. The highest BCUT2D eigenvalue weighted by Gasteiger charge is 2.22. The molecule has 2 aromatic rings. The van der Waals surface area contributed by atoms with E-state index in [-0.39, 0.29) is 11.7 Å². The molecule has 0 spiro atoms. The van der Waals surface area contributed by atoms with Gasteiger partial charge in [0.25, 0.3) is 5.91 Å². The number of halogens is 1. The maximum Gasteiger partial charge on any atom is 0.254 e. The summed E-state index contributed by atoms with van der Waals surface area (Å²) in [7, 11) is 3.00. The largest absolute Gasteiger partial charge is 0.497 e. The van der Waals surface area contributed by atoms with Gasteiger partial charge in [-0.05, 0) is 17.7 Å². The van der Waals surface area contributed by atoms with Crippen molar-refractivity contribution in [3.8, 4) is 5.75 Å². The second-order valence-electron chi connectivity index (χ2n) is 5.33. The van der Waals surface area contributed by atoms with Gasteiger partial charge in [-0.3, -0.25) is 10.2 Å². The van der Waals surface area contributed by atoms with E-state index < -0.39 is 6.10 Å². The molecule has 0 unspecified atom stereocenters. The molecule has 4 N–H and O–H groups in total. The molecule has 0 fully saturated rings. The van der Waals surface area contributed by atoms with E-state index in [9.17, 15) is 4.79 Å². The number of carbonyl (C=O) groups excluding carboxylic acids is 1. The van der Waals surface area contributed by atoms with Crippen molar-refractivity contribution in [2.75, 3.05) is 14.2 Å². The van der Waals surface area contributed by atoms with Crippen LogP contribution in [0.4, 0.5) is 0 Å². The highest BCUT2D eigenvalue weighted by Crippen LogP contribution is 2.29. The van der Waals surface area contributed by atoms with Crippen LogP contribution in [-0.4, -0.2) is 26.0 Å². The first-order valence-corrected chi connectivity index (χ1v) is 7.91. The maximum atomic E-state index is 12.4. The number of hydrogen-bond acceptors (Lipinski definition) is 4. The van der Waals surface area contributed by atoms with Crippen LogP contribution in [0, 0.1) is 5.41 Å². The third kappa shape index (κ3) is 4.71. The SMILES string of the molecule is COc1ccc([C@H](OC)C(=O)NCc2ccc(C(=N)N)cc2)c(Cl)c1. The van der Waals surface area contributed by atoms with Crippen molar-refractivity contribution in [3.05, 3.63) is 64.2 Å². The maximum absolute atomic E-state index is 12.4. The minimum absolute atomic E-state index is 0.00387. The second-order valence-corrected chi connectivity index (χ2v) is 5.74. The average molecular weight is 362 g/mol. The fraction of sp³-hybridized carbons (Fsp3) is 0.222. The number of amides is 1. The Hall–Kier alpha value is -2.57. The molecule has 0 aromatic heterocycles. The monoisotopic (exact) mass is 361 g/mol. The van der Waals surface area contributed by atoms with Crippen molar-refractivity contribution in [2.45, 2.75) is 12.6 Å². The Bertz CT molecular complexity index is 763. The van der Waals surface area contributed by atoms with Gasteiger partial charge in [0, 0.05) is 24.8 Å². The fourth-order valence-corrected chi connectivity index (χ4v) is 2.58. The van der Waals surface area contributed by atoms with Gasteiger partial charge >= 0.3 is 0 Å². The lowest BCUT2D eigenvalue weighted by Gasteiger charge is -2.17. The molecule has 0 saturated carbocycles. The van der Waals surface area contributed by atoms with Crippen LogP contribution < -0.4 is 15.8 Å². The minimum atomic E-state index is -0.824. The summed E-state index contributed by atoms with van der Waals surface area (Å²) in [6.07, 6.45) is -0.824. The topological polar surface area (TPSA) is 97.4 Å². The van der Waals surface area contributed by atoms with Crippen LogP contribution in [0.25, 0.3) is 0 Å². The molecule has 2 aromatic carbocycles. The molecule has 25 heavy (non-hydrogen) atoms. The van der Waals surface area contributed by atoms with Crippen LogP contribution in [0.1, 0.15) is 22.8 Å². The molecule has 0 bridgehead atoms. The van der Waals surface area contributed by atoms with E-state index in [4.69, 9.17) is 32.2 Å². The quantitative estimate of drug-likeness (QED) is 0.521. The predicted molar refractivity (Wildman–Crippen MR) is 97.1 cm³/mol. The van der Waals surface area contributed by atoms with E-state index in [0.717, 1.165) is 5.56 Å². The number of benzene rings is 2. The molecule has 0 heterocycles. The first-order chi connectivity index (χ1) is 12.0. The Morgan fingerprint density at radius 1 is 1.24 bits per heavy atom.